The molecule has 2 aromatic rings. The molecule has 2 N–H and O–H groups in total. The molecule has 0 aliphatic carbocycles. The lowest BCUT2D eigenvalue weighted by atomic mass is 10.1. The Hall–Kier alpha value is -1.88. The lowest BCUT2D eigenvalue weighted by Gasteiger charge is -2.11. The number of aromatic nitrogens is 3. The molecule has 1 aromatic heterocycles. The number of benzene rings is 1. The maximum Gasteiger partial charge on any atom is 0.165 e. The minimum absolute atomic E-state index is 0.282. The van der Waals surface area contributed by atoms with E-state index in [4.69, 9.17) is 10.5 Å². The molecule has 0 amide bonds. The molecule has 5 heteroatoms. The third-order valence-electron chi connectivity index (χ3n) is 2.84. The molecule has 0 saturated carbocycles. The van der Waals surface area contributed by atoms with Crippen LogP contribution in [-0.4, -0.2) is 21.3 Å². The third-order valence-corrected chi connectivity index (χ3v) is 2.84. The summed E-state index contributed by atoms with van der Waals surface area (Å²) in [6, 6.07) is 8.27. The highest BCUT2D eigenvalue weighted by Crippen LogP contribution is 2.15. The first-order chi connectivity index (χ1) is 9.20. The van der Waals surface area contributed by atoms with Crippen molar-refractivity contribution in [2.75, 3.05) is 6.54 Å². The minimum atomic E-state index is 0.282. The summed E-state index contributed by atoms with van der Waals surface area (Å²) < 4.78 is 7.63. The van der Waals surface area contributed by atoms with E-state index in [-0.39, 0.29) is 6.04 Å². The second-order valence-electron chi connectivity index (χ2n) is 4.69. The van der Waals surface area contributed by atoms with Gasteiger partial charge in [-0.25, -0.2) is 9.67 Å². The van der Waals surface area contributed by atoms with Crippen molar-refractivity contribution in [3.05, 3.63) is 42.0 Å². The standard InChI is InChI=1S/C14H20N4O/c1-11(2)18-14(16-10-17-18)9-19-13-5-3-4-12(8-13)6-7-15/h3-5,8,10-11H,6-7,9,15H2,1-2H3. The summed E-state index contributed by atoms with van der Waals surface area (Å²) in [5.74, 6) is 1.67. The first kappa shape index (κ1) is 13.5. The van der Waals surface area contributed by atoms with Crippen molar-refractivity contribution in [1.82, 2.24) is 14.8 Å². The van der Waals surface area contributed by atoms with Crippen LogP contribution in [-0.2, 0) is 13.0 Å². The first-order valence-corrected chi connectivity index (χ1v) is 6.51. The lowest BCUT2D eigenvalue weighted by molar-refractivity contribution is 0.282. The summed E-state index contributed by atoms with van der Waals surface area (Å²) in [5, 5.41) is 4.18. The van der Waals surface area contributed by atoms with Crippen LogP contribution in [0.1, 0.15) is 31.3 Å². The number of nitrogens with zero attached hydrogens (tertiary/aromatic N) is 3. The van der Waals surface area contributed by atoms with E-state index in [9.17, 15) is 0 Å². The molecule has 2 rings (SSSR count). The summed E-state index contributed by atoms with van der Waals surface area (Å²) in [5.41, 5.74) is 6.74. The van der Waals surface area contributed by atoms with Gasteiger partial charge in [-0.1, -0.05) is 12.1 Å². The third kappa shape index (κ3) is 3.54. The number of hydrogen-bond donors (Lipinski definition) is 1. The Bertz CT molecular complexity index is 522. The molecule has 19 heavy (non-hydrogen) atoms. The fraction of sp³-hybridized carbons (Fsp3) is 0.429. The van der Waals surface area contributed by atoms with E-state index in [1.54, 1.807) is 6.33 Å². The van der Waals surface area contributed by atoms with Crippen molar-refractivity contribution in [3.63, 3.8) is 0 Å². The number of ether oxygens (including phenoxy) is 1. The molecule has 102 valence electrons. The zero-order chi connectivity index (χ0) is 13.7. The van der Waals surface area contributed by atoms with Crippen molar-refractivity contribution in [1.29, 1.82) is 0 Å². The van der Waals surface area contributed by atoms with E-state index in [0.29, 0.717) is 13.2 Å². The summed E-state index contributed by atoms with van der Waals surface area (Å²) in [6.07, 6.45) is 2.42. The van der Waals surface area contributed by atoms with Crippen LogP contribution in [0.5, 0.6) is 5.75 Å². The van der Waals surface area contributed by atoms with Crippen LogP contribution in [0.25, 0.3) is 0 Å². The van der Waals surface area contributed by atoms with Gasteiger partial charge in [-0.2, -0.15) is 5.10 Å². The highest BCUT2D eigenvalue weighted by Gasteiger charge is 2.08. The maximum absolute atomic E-state index is 5.76. The van der Waals surface area contributed by atoms with E-state index in [1.807, 2.05) is 22.9 Å². The highest BCUT2D eigenvalue weighted by atomic mass is 16.5. The molecule has 0 spiro atoms. The van der Waals surface area contributed by atoms with Gasteiger partial charge in [0.2, 0.25) is 0 Å². The van der Waals surface area contributed by atoms with Gasteiger partial charge in [0.1, 0.15) is 18.7 Å². The number of nitrogens with two attached hydrogens (primary N) is 1. The van der Waals surface area contributed by atoms with Crippen LogP contribution < -0.4 is 10.5 Å². The highest BCUT2D eigenvalue weighted by molar-refractivity contribution is 5.28. The molecular formula is C14H20N4O. The van der Waals surface area contributed by atoms with E-state index in [2.05, 4.69) is 30.0 Å². The van der Waals surface area contributed by atoms with Gasteiger partial charge in [0.25, 0.3) is 0 Å². The Morgan fingerprint density at radius 1 is 1.37 bits per heavy atom. The van der Waals surface area contributed by atoms with Crippen LogP contribution in [0.15, 0.2) is 30.6 Å². The first-order valence-electron chi connectivity index (χ1n) is 6.51. The zero-order valence-electron chi connectivity index (χ0n) is 11.4. The predicted molar refractivity (Wildman–Crippen MR) is 73.9 cm³/mol. The molecule has 0 fully saturated rings. The molecule has 0 aliphatic heterocycles. The molecule has 0 aliphatic rings. The summed E-state index contributed by atoms with van der Waals surface area (Å²) in [4.78, 5) is 4.22. The smallest absolute Gasteiger partial charge is 0.165 e. The quantitative estimate of drug-likeness (QED) is 0.862. The Balaban J connectivity index is 2.02. The predicted octanol–water partition coefficient (Wildman–Crippen LogP) is 1.94. The summed E-state index contributed by atoms with van der Waals surface area (Å²) in [7, 11) is 0. The topological polar surface area (TPSA) is 66.0 Å². The summed E-state index contributed by atoms with van der Waals surface area (Å²) in [6.45, 7) is 5.20. The second-order valence-corrected chi connectivity index (χ2v) is 4.69. The zero-order valence-corrected chi connectivity index (χ0v) is 11.4. The SMILES string of the molecule is CC(C)n1ncnc1COc1cccc(CCN)c1. The molecule has 0 saturated heterocycles. The molecule has 0 unspecified atom stereocenters. The molecule has 0 bridgehead atoms. The van der Waals surface area contributed by atoms with Crippen LogP contribution in [0.3, 0.4) is 0 Å². The molecule has 0 radical (unpaired) electrons. The average Bonchev–Trinajstić information content (AvgIpc) is 2.86. The van der Waals surface area contributed by atoms with Gasteiger partial charge in [-0.15, -0.1) is 0 Å². The molecule has 5 nitrogen and oxygen atoms in total. The van der Waals surface area contributed by atoms with E-state index >= 15 is 0 Å². The molecular weight excluding hydrogens is 240 g/mol. The van der Waals surface area contributed by atoms with Gasteiger partial charge in [0, 0.05) is 6.04 Å². The molecule has 1 heterocycles. The monoisotopic (exact) mass is 260 g/mol. The van der Waals surface area contributed by atoms with Crippen molar-refractivity contribution >= 4 is 0 Å². The minimum Gasteiger partial charge on any atom is -0.486 e. The van der Waals surface area contributed by atoms with Crippen molar-refractivity contribution < 1.29 is 4.74 Å². The van der Waals surface area contributed by atoms with Crippen molar-refractivity contribution in [2.24, 2.45) is 5.73 Å². The largest absolute Gasteiger partial charge is 0.486 e. The number of rotatable bonds is 6. The van der Waals surface area contributed by atoms with E-state index in [0.717, 1.165) is 18.0 Å². The second kappa shape index (κ2) is 6.33. The van der Waals surface area contributed by atoms with Crippen molar-refractivity contribution in [3.8, 4) is 5.75 Å². The van der Waals surface area contributed by atoms with E-state index in [1.165, 1.54) is 5.56 Å². The van der Waals surface area contributed by atoms with Crippen LogP contribution in [0, 0.1) is 0 Å². The fourth-order valence-corrected chi connectivity index (χ4v) is 1.91. The van der Waals surface area contributed by atoms with Crippen LogP contribution in [0.4, 0.5) is 0 Å². The van der Waals surface area contributed by atoms with Crippen LogP contribution >= 0.6 is 0 Å². The Morgan fingerprint density at radius 3 is 2.95 bits per heavy atom. The summed E-state index contributed by atoms with van der Waals surface area (Å²) >= 11 is 0. The van der Waals surface area contributed by atoms with Gasteiger partial charge in [0.15, 0.2) is 5.82 Å². The molecule has 1 aromatic carbocycles. The normalized spacial score (nSPS) is 10.9. The Labute approximate surface area is 113 Å². The van der Waals surface area contributed by atoms with Crippen molar-refractivity contribution in [2.45, 2.75) is 32.9 Å². The molecule has 0 atom stereocenters. The average molecular weight is 260 g/mol. The van der Waals surface area contributed by atoms with Gasteiger partial charge in [-0.3, -0.25) is 0 Å². The Kier molecular flexibility index (Phi) is 4.52. The van der Waals surface area contributed by atoms with Gasteiger partial charge < -0.3 is 10.5 Å². The maximum atomic E-state index is 5.76. The van der Waals surface area contributed by atoms with Gasteiger partial charge >= 0.3 is 0 Å². The van der Waals surface area contributed by atoms with Crippen LogP contribution in [0.2, 0.25) is 0 Å². The lowest BCUT2D eigenvalue weighted by Crippen LogP contribution is -2.10. The van der Waals surface area contributed by atoms with Gasteiger partial charge in [0.05, 0.1) is 0 Å². The number of hydrogen-bond acceptors (Lipinski definition) is 4. The van der Waals surface area contributed by atoms with Gasteiger partial charge in [-0.05, 0) is 44.5 Å². The Morgan fingerprint density at radius 2 is 2.21 bits per heavy atom. The fourth-order valence-electron chi connectivity index (χ4n) is 1.91. The van der Waals surface area contributed by atoms with E-state index < -0.39 is 0 Å².